The number of benzene rings is 1. The predicted octanol–water partition coefficient (Wildman–Crippen LogP) is 2.96. The Labute approximate surface area is 189 Å². The largest absolute Gasteiger partial charge is 0.502 e. The van der Waals surface area contributed by atoms with Crippen LogP contribution in [-0.4, -0.2) is 45.1 Å². The molecule has 2 fully saturated rings. The molecule has 0 radical (unpaired) electrons. The van der Waals surface area contributed by atoms with Gasteiger partial charge in [-0.2, -0.15) is 0 Å². The minimum atomic E-state index is -0.907. The van der Waals surface area contributed by atoms with Crippen LogP contribution in [0.25, 0.3) is 0 Å². The first-order chi connectivity index (χ1) is 15.8. The van der Waals surface area contributed by atoms with Crippen molar-refractivity contribution in [3.05, 3.63) is 63.1 Å². The maximum Gasteiger partial charge on any atom is 0.278 e. The molecule has 2 aromatic rings. The molecule has 1 N–H and O–H groups in total. The number of hydrogen-bond donors (Lipinski definition) is 1. The third-order valence-electron chi connectivity index (χ3n) is 7.29. The highest BCUT2D eigenvalue weighted by Gasteiger charge is 2.51. The normalized spacial score (nSPS) is 23.5. The molecule has 174 valence electrons. The summed E-state index contributed by atoms with van der Waals surface area (Å²) < 4.78 is 28.6. The zero-order valence-electron chi connectivity index (χ0n) is 18.3. The van der Waals surface area contributed by atoms with Crippen molar-refractivity contribution < 1.29 is 23.5 Å². The minimum absolute atomic E-state index is 0.0213. The van der Waals surface area contributed by atoms with Gasteiger partial charge in [0.05, 0.1) is 11.6 Å². The van der Waals surface area contributed by atoms with Crippen LogP contribution < -0.4 is 10.4 Å². The van der Waals surface area contributed by atoms with Crippen molar-refractivity contribution in [2.45, 2.75) is 57.7 Å². The van der Waals surface area contributed by atoms with E-state index >= 15 is 0 Å². The van der Waals surface area contributed by atoms with E-state index in [-0.39, 0.29) is 41.9 Å². The zero-order chi connectivity index (χ0) is 23.4. The summed E-state index contributed by atoms with van der Waals surface area (Å²) in [5.41, 5.74) is -1.10. The monoisotopic (exact) mass is 457 g/mol. The number of hydrogen-bond acceptors (Lipinski definition) is 5. The van der Waals surface area contributed by atoms with E-state index in [1.54, 1.807) is 4.90 Å². The molecule has 2 aliphatic heterocycles. The predicted molar refractivity (Wildman–Crippen MR) is 116 cm³/mol. The molecule has 3 atom stereocenters. The van der Waals surface area contributed by atoms with Gasteiger partial charge in [0.1, 0.15) is 17.8 Å². The average Bonchev–Trinajstić information content (AvgIpc) is 3.36. The van der Waals surface area contributed by atoms with Crippen molar-refractivity contribution in [2.24, 2.45) is 5.92 Å². The smallest absolute Gasteiger partial charge is 0.278 e. The number of aryl methyl sites for hydroxylation is 1. The Kier molecular flexibility index (Phi) is 5.22. The van der Waals surface area contributed by atoms with Crippen molar-refractivity contribution in [3.63, 3.8) is 0 Å². The summed E-state index contributed by atoms with van der Waals surface area (Å²) in [6.45, 7) is 2.30. The Hall–Kier alpha value is -3.23. The van der Waals surface area contributed by atoms with Gasteiger partial charge in [-0.3, -0.25) is 24.1 Å². The molecule has 1 aromatic heterocycles. The van der Waals surface area contributed by atoms with Crippen LogP contribution in [0.1, 0.15) is 65.4 Å². The first-order valence-corrected chi connectivity index (χ1v) is 11.4. The molecule has 1 aliphatic carbocycles. The number of pyridine rings is 1. The lowest BCUT2D eigenvalue weighted by Gasteiger charge is -2.45. The quantitative estimate of drug-likeness (QED) is 0.698. The molecular weight excluding hydrogens is 432 g/mol. The van der Waals surface area contributed by atoms with Crippen molar-refractivity contribution >= 4 is 11.7 Å². The fourth-order valence-corrected chi connectivity index (χ4v) is 5.72. The number of aromatic hydroxyl groups is 1. The number of nitrogens with zero attached hydrogens (tertiary/aromatic N) is 3. The Morgan fingerprint density at radius 2 is 2.00 bits per heavy atom. The number of carbonyl (C=O) groups is 2. The van der Waals surface area contributed by atoms with E-state index in [0.717, 1.165) is 37.8 Å². The number of Topliss-reactive ketones (excluding diaryl/α,β-unsaturated/α-hetero) is 1. The maximum atomic E-state index is 14.0. The Morgan fingerprint density at radius 3 is 2.73 bits per heavy atom. The Morgan fingerprint density at radius 1 is 1.21 bits per heavy atom. The summed E-state index contributed by atoms with van der Waals surface area (Å²) in [5.74, 6) is -2.80. The van der Waals surface area contributed by atoms with E-state index in [9.17, 15) is 28.3 Å². The van der Waals surface area contributed by atoms with Crippen LogP contribution in [0.5, 0.6) is 5.75 Å². The van der Waals surface area contributed by atoms with E-state index < -0.39 is 34.5 Å². The first-order valence-electron chi connectivity index (χ1n) is 11.4. The molecule has 1 saturated heterocycles. The van der Waals surface area contributed by atoms with Crippen LogP contribution in [0.2, 0.25) is 0 Å². The topological polar surface area (TPSA) is 82.9 Å². The summed E-state index contributed by atoms with van der Waals surface area (Å²) in [6, 6.07) is 3.28. The molecule has 3 aliphatic rings. The van der Waals surface area contributed by atoms with E-state index in [1.165, 1.54) is 16.9 Å². The van der Waals surface area contributed by atoms with Crippen molar-refractivity contribution in [1.82, 2.24) is 9.58 Å². The van der Waals surface area contributed by atoms with Gasteiger partial charge in [0.2, 0.25) is 5.43 Å². The van der Waals surface area contributed by atoms with E-state index in [4.69, 9.17) is 0 Å². The second kappa shape index (κ2) is 7.97. The maximum absolute atomic E-state index is 14.0. The van der Waals surface area contributed by atoms with Gasteiger partial charge >= 0.3 is 0 Å². The number of aromatic nitrogens is 1. The van der Waals surface area contributed by atoms with Gasteiger partial charge in [0.25, 0.3) is 5.91 Å². The van der Waals surface area contributed by atoms with Crippen LogP contribution >= 0.6 is 0 Å². The van der Waals surface area contributed by atoms with Gasteiger partial charge in [0.15, 0.2) is 17.2 Å². The molecule has 1 aromatic carbocycles. The molecule has 9 heteroatoms. The number of halogens is 2. The zero-order valence-corrected chi connectivity index (χ0v) is 18.3. The lowest BCUT2D eigenvalue weighted by Crippen LogP contribution is -2.60. The number of ketones is 1. The highest BCUT2D eigenvalue weighted by molar-refractivity contribution is 6.00. The van der Waals surface area contributed by atoms with Crippen molar-refractivity contribution in [3.8, 4) is 5.75 Å². The Balaban J connectivity index is 1.52. The summed E-state index contributed by atoms with van der Waals surface area (Å²) in [7, 11) is 0. The average molecular weight is 457 g/mol. The second-order valence-corrected chi connectivity index (χ2v) is 9.02. The highest BCUT2D eigenvalue weighted by Crippen LogP contribution is 2.43. The Bertz CT molecular complexity index is 1210. The van der Waals surface area contributed by atoms with Crippen LogP contribution in [0.15, 0.2) is 29.2 Å². The lowest BCUT2D eigenvalue weighted by atomic mass is 10.0. The van der Waals surface area contributed by atoms with Gasteiger partial charge in [-0.25, -0.2) is 8.78 Å². The molecule has 1 amide bonds. The van der Waals surface area contributed by atoms with Gasteiger partial charge in [-0.05, 0) is 50.2 Å². The van der Waals surface area contributed by atoms with Crippen molar-refractivity contribution in [2.75, 3.05) is 11.6 Å². The molecule has 0 unspecified atom stereocenters. The van der Waals surface area contributed by atoms with Gasteiger partial charge in [-0.1, -0.05) is 12.5 Å². The molecule has 0 spiro atoms. The van der Waals surface area contributed by atoms with Gasteiger partial charge in [-0.15, -0.1) is 0 Å². The summed E-state index contributed by atoms with van der Waals surface area (Å²) >= 11 is 0. The fraction of sp³-hybridized carbons (Fsp3) is 0.458. The van der Waals surface area contributed by atoms with Crippen LogP contribution in [0, 0.1) is 17.6 Å². The molecule has 33 heavy (non-hydrogen) atoms. The lowest BCUT2D eigenvalue weighted by molar-refractivity contribution is 0.0594. The van der Waals surface area contributed by atoms with Crippen LogP contribution in [-0.2, 0) is 6.42 Å². The van der Waals surface area contributed by atoms with Gasteiger partial charge in [0, 0.05) is 25.2 Å². The molecule has 7 nitrogen and oxygen atoms in total. The molecule has 5 rings (SSSR count). The highest BCUT2D eigenvalue weighted by atomic mass is 19.1. The van der Waals surface area contributed by atoms with E-state index in [2.05, 4.69) is 0 Å². The standard InChI is InChI=1S/C24H25F2N3O4/c1-2-27-20-10-14-4-3-5-18(14)29(20)28-12-16(22(31)23(32)21(28)24(27)33)19(30)9-7-13-6-8-15(25)11-17(13)26/h6,8,11-12,14,18,20,32H,2-5,7,9-10H2,1H3/t14-,18-,20+/m1/s1. The molecule has 0 bridgehead atoms. The summed E-state index contributed by atoms with van der Waals surface area (Å²) in [5, 5.41) is 12.8. The summed E-state index contributed by atoms with van der Waals surface area (Å²) in [4.78, 5) is 40.6. The number of fused-ring (bicyclic) bond motifs is 5. The second-order valence-electron chi connectivity index (χ2n) is 9.02. The number of amides is 1. The molecule has 1 saturated carbocycles. The number of rotatable bonds is 5. The van der Waals surface area contributed by atoms with E-state index in [1.807, 2.05) is 11.9 Å². The minimum Gasteiger partial charge on any atom is -0.502 e. The summed E-state index contributed by atoms with van der Waals surface area (Å²) in [6.07, 6.45) is 4.82. The fourth-order valence-electron chi connectivity index (χ4n) is 5.72. The SMILES string of the molecule is CCN1C(=O)c2c(O)c(=O)c(C(=O)CCc3ccc(F)cc3F)cn2N2[C@@H]3CCC[C@@H]3C[C@@H]12. The van der Waals surface area contributed by atoms with E-state index in [0.29, 0.717) is 12.5 Å². The van der Waals surface area contributed by atoms with Crippen LogP contribution in [0.4, 0.5) is 8.78 Å². The first kappa shape index (κ1) is 21.6. The number of carbonyl (C=O) groups excluding carboxylic acids is 2. The molecular formula is C24H25F2N3O4. The van der Waals surface area contributed by atoms with Crippen LogP contribution in [0.3, 0.4) is 0 Å². The third kappa shape index (κ3) is 3.32. The van der Waals surface area contributed by atoms with Gasteiger partial charge < -0.3 is 10.0 Å². The van der Waals surface area contributed by atoms with Crippen molar-refractivity contribution in [1.29, 1.82) is 0 Å². The third-order valence-corrected chi connectivity index (χ3v) is 7.29. The molecule has 3 heterocycles.